The number of para-hydroxylation sites is 2. The lowest BCUT2D eigenvalue weighted by Crippen LogP contribution is -1.96. The van der Waals surface area contributed by atoms with E-state index >= 15 is 0 Å². The van der Waals surface area contributed by atoms with E-state index in [0.717, 1.165) is 11.4 Å². The van der Waals surface area contributed by atoms with E-state index in [1.54, 1.807) is 0 Å². The molecule has 0 fully saturated rings. The minimum Gasteiger partial charge on any atom is -0.309 e. The summed E-state index contributed by atoms with van der Waals surface area (Å²) in [5.74, 6) is 0. The van der Waals surface area contributed by atoms with E-state index in [0.29, 0.717) is 0 Å². The largest absolute Gasteiger partial charge is 0.309 e. The first kappa shape index (κ1) is 28.4. The Balaban J connectivity index is 1.25. The van der Waals surface area contributed by atoms with E-state index in [4.69, 9.17) is 0 Å². The topological polar surface area (TPSA) is 9.86 Å². The van der Waals surface area contributed by atoms with Crippen LogP contribution in [0.4, 0.5) is 0 Å². The number of rotatable bonds is 5. The number of fused-ring (bicyclic) bond motifs is 7. The molecule has 234 valence electrons. The third-order valence-corrected chi connectivity index (χ3v) is 10.1. The maximum absolute atomic E-state index is 2.46. The second kappa shape index (κ2) is 11.5. The standard InChI is InChI=1S/C48H32N2/c1-4-14-33(15-5-1)36-24-26-39(27-25-36)49-43-22-12-10-20-41(43)47-45(49)28-29-46-48(47)42-21-11-13-23-44(42)50(46)40-31-37(34-16-6-2-7-17-34)30-38(32-40)35-18-8-3-9-19-35/h1-32H. The molecule has 0 aliphatic carbocycles. The summed E-state index contributed by atoms with van der Waals surface area (Å²) in [5, 5.41) is 5.07. The normalized spacial score (nSPS) is 11.6. The van der Waals surface area contributed by atoms with Crippen molar-refractivity contribution in [1.29, 1.82) is 0 Å². The highest BCUT2D eigenvalue weighted by molar-refractivity contribution is 6.28. The molecule has 10 aromatic rings. The van der Waals surface area contributed by atoms with Gasteiger partial charge in [0.1, 0.15) is 0 Å². The molecule has 0 amide bonds. The number of nitrogens with zero attached hydrogens (tertiary/aromatic N) is 2. The van der Waals surface area contributed by atoms with Crippen molar-refractivity contribution in [3.05, 3.63) is 194 Å². The molecule has 0 bridgehead atoms. The van der Waals surface area contributed by atoms with Crippen LogP contribution in [-0.2, 0) is 0 Å². The molecule has 2 heteroatoms. The maximum atomic E-state index is 2.46. The summed E-state index contributed by atoms with van der Waals surface area (Å²) in [6.45, 7) is 0. The fourth-order valence-electron chi connectivity index (χ4n) is 7.84. The monoisotopic (exact) mass is 636 g/mol. The molecule has 2 heterocycles. The van der Waals surface area contributed by atoms with Gasteiger partial charge in [0, 0.05) is 32.9 Å². The van der Waals surface area contributed by atoms with Gasteiger partial charge in [-0.2, -0.15) is 0 Å². The van der Waals surface area contributed by atoms with Crippen molar-refractivity contribution in [2.75, 3.05) is 0 Å². The smallest absolute Gasteiger partial charge is 0.0548 e. The lowest BCUT2D eigenvalue weighted by atomic mass is 9.98. The Bertz CT molecular complexity index is 2770. The zero-order valence-electron chi connectivity index (χ0n) is 27.4. The minimum atomic E-state index is 1.15. The van der Waals surface area contributed by atoms with E-state index < -0.39 is 0 Å². The van der Waals surface area contributed by atoms with Crippen LogP contribution in [0.15, 0.2) is 194 Å². The Morgan fingerprint density at radius 1 is 0.240 bits per heavy atom. The van der Waals surface area contributed by atoms with E-state index in [1.807, 2.05) is 0 Å². The van der Waals surface area contributed by atoms with Gasteiger partial charge >= 0.3 is 0 Å². The summed E-state index contributed by atoms with van der Waals surface area (Å²) >= 11 is 0. The Kier molecular flexibility index (Phi) is 6.53. The van der Waals surface area contributed by atoms with Gasteiger partial charge in [0.05, 0.1) is 22.1 Å². The molecule has 0 saturated carbocycles. The highest BCUT2D eigenvalue weighted by atomic mass is 15.0. The van der Waals surface area contributed by atoms with E-state index in [-0.39, 0.29) is 0 Å². The molecule has 0 N–H and O–H groups in total. The van der Waals surface area contributed by atoms with Crippen LogP contribution in [0.1, 0.15) is 0 Å². The number of aromatic nitrogens is 2. The van der Waals surface area contributed by atoms with Crippen LogP contribution in [0.3, 0.4) is 0 Å². The quantitative estimate of drug-likeness (QED) is 0.178. The van der Waals surface area contributed by atoms with Crippen LogP contribution in [0.25, 0.3) is 88.4 Å². The summed E-state index contributed by atoms with van der Waals surface area (Å²) in [5.41, 5.74) is 14.4. The number of hydrogen-bond donors (Lipinski definition) is 0. The molecule has 2 nitrogen and oxygen atoms in total. The highest BCUT2D eigenvalue weighted by Gasteiger charge is 2.21. The molecule has 2 aromatic heterocycles. The number of benzene rings is 8. The van der Waals surface area contributed by atoms with Crippen molar-refractivity contribution in [3.63, 3.8) is 0 Å². The summed E-state index contributed by atoms with van der Waals surface area (Å²) < 4.78 is 4.89. The van der Waals surface area contributed by atoms with Gasteiger partial charge in [-0.3, -0.25) is 0 Å². The lowest BCUT2D eigenvalue weighted by molar-refractivity contribution is 1.17. The molecule has 0 saturated heterocycles. The Morgan fingerprint density at radius 2 is 0.620 bits per heavy atom. The predicted molar refractivity (Wildman–Crippen MR) is 211 cm³/mol. The third-order valence-electron chi connectivity index (χ3n) is 10.1. The van der Waals surface area contributed by atoms with Crippen molar-refractivity contribution in [2.24, 2.45) is 0 Å². The van der Waals surface area contributed by atoms with Gasteiger partial charge in [-0.25, -0.2) is 0 Å². The van der Waals surface area contributed by atoms with E-state index in [1.165, 1.54) is 77.0 Å². The molecule has 0 unspecified atom stereocenters. The highest BCUT2D eigenvalue weighted by Crippen LogP contribution is 2.43. The summed E-state index contributed by atoms with van der Waals surface area (Å²) in [6, 6.07) is 70.4. The minimum absolute atomic E-state index is 1.15. The first-order chi connectivity index (χ1) is 24.8. The molecule has 0 spiro atoms. The van der Waals surface area contributed by atoms with Gasteiger partial charge in [-0.1, -0.05) is 140 Å². The molecule has 8 aromatic carbocycles. The van der Waals surface area contributed by atoms with Crippen LogP contribution in [0.5, 0.6) is 0 Å². The zero-order chi connectivity index (χ0) is 33.0. The molecule has 50 heavy (non-hydrogen) atoms. The number of hydrogen-bond acceptors (Lipinski definition) is 0. The van der Waals surface area contributed by atoms with Gasteiger partial charge < -0.3 is 9.13 Å². The second-order valence-electron chi connectivity index (χ2n) is 13.0. The summed E-state index contributed by atoms with van der Waals surface area (Å²) in [4.78, 5) is 0. The molecule has 10 rings (SSSR count). The average Bonchev–Trinajstić information content (AvgIpc) is 3.72. The van der Waals surface area contributed by atoms with Gasteiger partial charge in [0.15, 0.2) is 0 Å². The second-order valence-corrected chi connectivity index (χ2v) is 13.0. The van der Waals surface area contributed by atoms with Gasteiger partial charge in [0.2, 0.25) is 0 Å². The van der Waals surface area contributed by atoms with E-state index in [2.05, 4.69) is 203 Å². The van der Waals surface area contributed by atoms with Crippen LogP contribution in [0.2, 0.25) is 0 Å². The Morgan fingerprint density at radius 3 is 1.10 bits per heavy atom. The molecular formula is C48H32N2. The average molecular weight is 637 g/mol. The summed E-state index contributed by atoms with van der Waals surface area (Å²) in [6.07, 6.45) is 0. The van der Waals surface area contributed by atoms with Gasteiger partial charge in [-0.05, 0) is 88.0 Å². The lowest BCUT2D eigenvalue weighted by Gasteiger charge is -2.14. The fourth-order valence-corrected chi connectivity index (χ4v) is 7.84. The third kappa shape index (κ3) is 4.50. The fraction of sp³-hybridized carbons (Fsp3) is 0. The first-order valence-corrected chi connectivity index (χ1v) is 17.2. The van der Waals surface area contributed by atoms with Crippen molar-refractivity contribution < 1.29 is 0 Å². The zero-order valence-corrected chi connectivity index (χ0v) is 27.4. The Labute approximate surface area is 290 Å². The van der Waals surface area contributed by atoms with Gasteiger partial charge in [0.25, 0.3) is 0 Å². The van der Waals surface area contributed by atoms with Crippen molar-refractivity contribution in [2.45, 2.75) is 0 Å². The summed E-state index contributed by atoms with van der Waals surface area (Å²) in [7, 11) is 0. The van der Waals surface area contributed by atoms with Crippen LogP contribution >= 0.6 is 0 Å². The maximum Gasteiger partial charge on any atom is 0.0548 e. The Hall–Kier alpha value is -6.64. The molecular weight excluding hydrogens is 605 g/mol. The SMILES string of the molecule is c1ccc(-c2ccc(-n3c4ccccc4c4c5c6ccccc6n(-c6cc(-c7ccccc7)cc(-c7ccccc7)c6)c5ccc43)cc2)cc1. The van der Waals surface area contributed by atoms with E-state index in [9.17, 15) is 0 Å². The van der Waals surface area contributed by atoms with Crippen molar-refractivity contribution >= 4 is 43.6 Å². The van der Waals surface area contributed by atoms with Crippen molar-refractivity contribution in [3.8, 4) is 44.8 Å². The molecule has 0 aliphatic rings. The molecule has 0 atom stereocenters. The van der Waals surface area contributed by atoms with Crippen LogP contribution in [-0.4, -0.2) is 9.13 Å². The van der Waals surface area contributed by atoms with Crippen LogP contribution in [0, 0.1) is 0 Å². The molecule has 0 aliphatic heterocycles. The van der Waals surface area contributed by atoms with Crippen molar-refractivity contribution in [1.82, 2.24) is 9.13 Å². The first-order valence-electron chi connectivity index (χ1n) is 17.2. The molecule has 0 radical (unpaired) electrons. The van der Waals surface area contributed by atoms with Crippen LogP contribution < -0.4 is 0 Å². The van der Waals surface area contributed by atoms with Gasteiger partial charge in [-0.15, -0.1) is 0 Å². The predicted octanol–water partition coefficient (Wildman–Crippen LogP) is 12.9.